The summed E-state index contributed by atoms with van der Waals surface area (Å²) in [7, 11) is 3.50. The van der Waals surface area contributed by atoms with Crippen LogP contribution in [0.25, 0.3) is 22.8 Å². The topological polar surface area (TPSA) is 127 Å². The lowest BCUT2D eigenvalue weighted by molar-refractivity contribution is -0.138. The summed E-state index contributed by atoms with van der Waals surface area (Å²) in [6, 6.07) is 16.5. The number of aryl methyl sites for hydroxylation is 4. The van der Waals surface area contributed by atoms with Gasteiger partial charge < -0.3 is 9.97 Å². The molecule has 0 aliphatic rings. The maximum absolute atomic E-state index is 12.7. The van der Waals surface area contributed by atoms with Crippen molar-refractivity contribution in [2.75, 3.05) is 0 Å². The van der Waals surface area contributed by atoms with Crippen LogP contribution in [0.1, 0.15) is 71.0 Å². The zero-order valence-corrected chi connectivity index (χ0v) is 28.9. The number of hydrogen-bond acceptors (Lipinski definition) is 6. The van der Waals surface area contributed by atoms with Crippen LogP contribution >= 0.6 is 0 Å². The molecule has 272 valence electrons. The van der Waals surface area contributed by atoms with E-state index < -0.39 is 23.5 Å². The number of halogens is 6. The molecule has 0 amide bonds. The summed E-state index contributed by atoms with van der Waals surface area (Å²) >= 11 is 0. The van der Waals surface area contributed by atoms with Crippen molar-refractivity contribution < 1.29 is 26.3 Å². The Bertz CT molecular complexity index is 2140. The van der Waals surface area contributed by atoms with Crippen LogP contribution in [0.5, 0.6) is 0 Å². The van der Waals surface area contributed by atoms with Crippen molar-refractivity contribution in [2.45, 2.75) is 51.9 Å². The highest BCUT2D eigenvalue weighted by Crippen LogP contribution is 2.34. The molecule has 0 saturated carbocycles. The molecule has 4 aromatic heterocycles. The minimum absolute atomic E-state index is 0.174. The van der Waals surface area contributed by atoms with Crippen molar-refractivity contribution in [1.29, 1.82) is 0 Å². The second-order valence-corrected chi connectivity index (χ2v) is 12.3. The molecule has 2 N–H and O–H groups in total. The Balaban J connectivity index is 0.000000201. The number of aromatic nitrogens is 8. The Morgan fingerprint density at radius 3 is 1.17 bits per heavy atom. The van der Waals surface area contributed by atoms with E-state index in [1.165, 1.54) is 36.4 Å². The maximum atomic E-state index is 12.7. The van der Waals surface area contributed by atoms with Gasteiger partial charge in [0.1, 0.15) is 23.0 Å². The van der Waals surface area contributed by atoms with Crippen LogP contribution < -0.4 is 11.1 Å². The predicted molar refractivity (Wildman–Crippen MR) is 182 cm³/mol. The van der Waals surface area contributed by atoms with E-state index in [1.54, 1.807) is 49.4 Å². The largest absolute Gasteiger partial charge is 0.416 e. The van der Waals surface area contributed by atoms with E-state index in [-0.39, 0.29) is 23.0 Å². The van der Waals surface area contributed by atoms with E-state index in [2.05, 4.69) is 30.1 Å². The summed E-state index contributed by atoms with van der Waals surface area (Å²) < 4.78 is 79.6. The van der Waals surface area contributed by atoms with Gasteiger partial charge in [-0.15, -0.1) is 0 Å². The van der Waals surface area contributed by atoms with Gasteiger partial charge in [-0.25, -0.2) is 9.97 Å². The number of rotatable bonds is 6. The fraction of sp³-hybridized carbons (Fsp3) is 0.278. The number of nitrogens with zero attached hydrogens (tertiary/aromatic N) is 6. The van der Waals surface area contributed by atoms with Crippen molar-refractivity contribution in [3.63, 3.8) is 0 Å². The van der Waals surface area contributed by atoms with Crippen LogP contribution in [0, 0.1) is 13.8 Å². The lowest BCUT2D eigenvalue weighted by atomic mass is 9.96. The van der Waals surface area contributed by atoms with Gasteiger partial charge in [-0.05, 0) is 61.4 Å². The van der Waals surface area contributed by atoms with Crippen molar-refractivity contribution in [3.8, 4) is 22.8 Å². The summed E-state index contributed by atoms with van der Waals surface area (Å²) in [5, 5.41) is 8.78. The molecule has 2 aromatic carbocycles. The predicted octanol–water partition coefficient (Wildman–Crippen LogP) is 7.30. The van der Waals surface area contributed by atoms with Crippen LogP contribution in [0.4, 0.5) is 26.3 Å². The molecular weight excluding hydrogens is 690 g/mol. The van der Waals surface area contributed by atoms with Crippen molar-refractivity contribution >= 4 is 0 Å². The first-order valence-electron chi connectivity index (χ1n) is 15.9. The number of nitrogens with one attached hydrogen (secondary N) is 2. The first-order chi connectivity index (χ1) is 24.3. The van der Waals surface area contributed by atoms with Gasteiger partial charge in [-0.3, -0.25) is 19.0 Å². The molecule has 0 radical (unpaired) electrons. The summed E-state index contributed by atoms with van der Waals surface area (Å²) in [6.45, 7) is 7.14. The van der Waals surface area contributed by atoms with Crippen molar-refractivity contribution in [2.24, 2.45) is 14.1 Å². The van der Waals surface area contributed by atoms with Gasteiger partial charge in [0, 0.05) is 49.5 Å². The summed E-state index contributed by atoms with van der Waals surface area (Å²) in [5.74, 6) is 0.615. The maximum Gasteiger partial charge on any atom is 0.416 e. The Labute approximate surface area is 293 Å². The van der Waals surface area contributed by atoms with Crippen LogP contribution in [0.2, 0.25) is 0 Å². The highest BCUT2D eigenvalue weighted by Gasteiger charge is 2.31. The Kier molecular flexibility index (Phi) is 10.4. The fourth-order valence-electron chi connectivity index (χ4n) is 5.71. The quantitative estimate of drug-likeness (QED) is 0.174. The molecule has 6 rings (SSSR count). The molecule has 0 bridgehead atoms. The highest BCUT2D eigenvalue weighted by molar-refractivity contribution is 5.56. The first kappa shape index (κ1) is 37.5. The fourth-order valence-corrected chi connectivity index (χ4v) is 5.71. The zero-order chi connectivity index (χ0) is 38.1. The van der Waals surface area contributed by atoms with Gasteiger partial charge >= 0.3 is 12.4 Å². The molecule has 0 spiro atoms. The van der Waals surface area contributed by atoms with Gasteiger partial charge in [-0.1, -0.05) is 38.1 Å². The summed E-state index contributed by atoms with van der Waals surface area (Å²) in [5.41, 5.74) is 3.17. The van der Waals surface area contributed by atoms with Gasteiger partial charge in [0.2, 0.25) is 0 Å². The summed E-state index contributed by atoms with van der Waals surface area (Å²) in [6.07, 6.45) is -8.71. The molecule has 0 saturated heterocycles. The van der Waals surface area contributed by atoms with Crippen LogP contribution in [0.3, 0.4) is 0 Å². The van der Waals surface area contributed by atoms with Crippen LogP contribution in [-0.4, -0.2) is 39.5 Å². The van der Waals surface area contributed by atoms with Crippen molar-refractivity contribution in [1.82, 2.24) is 39.5 Å². The van der Waals surface area contributed by atoms with Crippen LogP contribution in [-0.2, 0) is 26.4 Å². The van der Waals surface area contributed by atoms with E-state index in [9.17, 15) is 35.9 Å². The third-order valence-electron chi connectivity index (χ3n) is 8.44. The molecule has 0 aliphatic carbocycles. The molecule has 2 atom stereocenters. The number of hydrogen-bond donors (Lipinski definition) is 2. The third-order valence-corrected chi connectivity index (χ3v) is 8.44. The average Bonchev–Trinajstić information content (AvgIpc) is 3.65. The van der Waals surface area contributed by atoms with Gasteiger partial charge in [0.15, 0.2) is 0 Å². The normalized spacial score (nSPS) is 13.0. The second kappa shape index (κ2) is 14.4. The Hall–Kier alpha value is -5.80. The molecule has 52 heavy (non-hydrogen) atoms. The lowest BCUT2D eigenvalue weighted by Crippen LogP contribution is -2.08. The molecule has 0 aliphatic heterocycles. The first-order valence-corrected chi connectivity index (χ1v) is 15.9. The van der Waals surface area contributed by atoms with Gasteiger partial charge in [0.25, 0.3) is 11.1 Å². The van der Waals surface area contributed by atoms with E-state index >= 15 is 0 Å². The van der Waals surface area contributed by atoms with E-state index in [0.29, 0.717) is 34.4 Å². The molecular formula is C36H34F6N8O2. The average molecular weight is 725 g/mol. The second-order valence-electron chi connectivity index (χ2n) is 12.3. The van der Waals surface area contributed by atoms with Gasteiger partial charge in [-0.2, -0.15) is 36.5 Å². The monoisotopic (exact) mass is 724 g/mol. The smallest absolute Gasteiger partial charge is 0.311 e. The molecule has 10 nitrogen and oxygen atoms in total. The van der Waals surface area contributed by atoms with Gasteiger partial charge in [0.05, 0.1) is 22.5 Å². The number of aromatic amines is 2. The minimum atomic E-state index is -4.36. The number of alkyl halides is 6. The Morgan fingerprint density at radius 1 is 0.558 bits per heavy atom. The standard InChI is InChI=1S/2C18H17F3N4O/c2*1-10(12-4-6-13(7-5-12)18(19,20)21)16-8-15(24-25(16)3)14-9-17(26)23-11(2)22-14/h2*4-10H,1-3H3,(H,22,23,26)/t2*10-/m10/s1. The molecule has 4 heterocycles. The molecule has 6 aromatic rings. The van der Waals surface area contributed by atoms with E-state index in [4.69, 9.17) is 0 Å². The molecule has 0 unspecified atom stereocenters. The van der Waals surface area contributed by atoms with Crippen molar-refractivity contribution in [3.05, 3.63) is 139 Å². The lowest BCUT2D eigenvalue weighted by Gasteiger charge is -2.13. The highest BCUT2D eigenvalue weighted by atomic mass is 19.4. The van der Waals surface area contributed by atoms with E-state index in [1.807, 2.05) is 13.8 Å². The summed E-state index contributed by atoms with van der Waals surface area (Å²) in [4.78, 5) is 36.9. The minimum Gasteiger partial charge on any atom is -0.311 e. The SMILES string of the molecule is Cc1nc(-c2cc([C@@H](C)c3ccc(C(F)(F)F)cc3)n(C)n2)cc(=O)[nH]1.Cc1nc(-c2cc([C@H](C)c3ccc(C(F)(F)F)cc3)n(C)n2)cc(=O)[nH]1. The molecule has 0 fully saturated rings. The number of H-pyrrole nitrogens is 2. The van der Waals surface area contributed by atoms with Crippen LogP contribution in [0.15, 0.2) is 82.4 Å². The zero-order valence-electron chi connectivity index (χ0n) is 28.9. The van der Waals surface area contributed by atoms with E-state index in [0.717, 1.165) is 46.8 Å². The molecule has 16 heteroatoms. The number of benzene rings is 2. The third kappa shape index (κ3) is 8.55. The Morgan fingerprint density at radius 2 is 0.885 bits per heavy atom.